The smallest absolute Gasteiger partial charge is 0.330 e. The van der Waals surface area contributed by atoms with E-state index in [4.69, 9.17) is 5.73 Å². The van der Waals surface area contributed by atoms with Gasteiger partial charge in [0.1, 0.15) is 0 Å². The summed E-state index contributed by atoms with van der Waals surface area (Å²) in [6, 6.07) is 5.81. The number of anilines is 1. The monoisotopic (exact) mass is 314 g/mol. The van der Waals surface area contributed by atoms with Gasteiger partial charge in [0.05, 0.1) is 5.69 Å². The van der Waals surface area contributed by atoms with Crippen LogP contribution >= 0.6 is 24.2 Å². The van der Waals surface area contributed by atoms with Gasteiger partial charge in [-0.3, -0.25) is 4.79 Å². The Labute approximate surface area is 119 Å². The third-order valence-electron chi connectivity index (χ3n) is 1.99. The van der Waals surface area contributed by atoms with Crippen LogP contribution in [0.4, 0.5) is 18.9 Å². The third kappa shape index (κ3) is 7.29. The minimum atomic E-state index is -4.38. The van der Waals surface area contributed by atoms with Crippen LogP contribution in [0.5, 0.6) is 0 Å². The molecular formula is C11H14ClF3N2OS. The lowest BCUT2D eigenvalue weighted by molar-refractivity contribution is -0.116. The van der Waals surface area contributed by atoms with Gasteiger partial charge < -0.3 is 11.1 Å². The Kier molecular flexibility index (Phi) is 7.89. The van der Waals surface area contributed by atoms with Crippen molar-refractivity contribution < 1.29 is 18.0 Å². The quantitative estimate of drug-likeness (QED) is 0.819. The second-order valence-corrected chi connectivity index (χ2v) is 4.59. The van der Waals surface area contributed by atoms with Gasteiger partial charge in [0, 0.05) is 11.3 Å². The van der Waals surface area contributed by atoms with Gasteiger partial charge in [-0.05, 0) is 36.9 Å². The maximum Gasteiger partial charge on any atom is 0.446 e. The lowest BCUT2D eigenvalue weighted by Gasteiger charge is -2.11. The minimum Gasteiger partial charge on any atom is -0.330 e. The summed E-state index contributed by atoms with van der Waals surface area (Å²) < 4.78 is 36.9. The van der Waals surface area contributed by atoms with Gasteiger partial charge in [0.2, 0.25) is 5.91 Å². The van der Waals surface area contributed by atoms with Gasteiger partial charge in [0.25, 0.3) is 0 Å². The molecule has 0 aromatic heterocycles. The van der Waals surface area contributed by atoms with Crippen LogP contribution in [0.25, 0.3) is 0 Å². The molecule has 0 aliphatic rings. The second kappa shape index (κ2) is 8.29. The van der Waals surface area contributed by atoms with Gasteiger partial charge >= 0.3 is 5.51 Å². The molecule has 0 spiro atoms. The molecule has 1 aromatic carbocycles. The van der Waals surface area contributed by atoms with Crippen molar-refractivity contribution in [1.82, 2.24) is 0 Å². The molecule has 1 aromatic rings. The van der Waals surface area contributed by atoms with E-state index in [0.717, 1.165) is 0 Å². The number of hydrogen-bond donors (Lipinski definition) is 2. The van der Waals surface area contributed by atoms with Gasteiger partial charge in [-0.2, -0.15) is 13.2 Å². The fourth-order valence-electron chi connectivity index (χ4n) is 1.26. The van der Waals surface area contributed by atoms with E-state index in [0.29, 0.717) is 13.0 Å². The van der Waals surface area contributed by atoms with Crippen molar-refractivity contribution in [1.29, 1.82) is 0 Å². The molecule has 3 nitrogen and oxygen atoms in total. The topological polar surface area (TPSA) is 55.1 Å². The van der Waals surface area contributed by atoms with Gasteiger partial charge in [-0.25, -0.2) is 0 Å². The standard InChI is InChI=1S/C11H13F3N2OS.ClH/c12-11(13,14)18-9-5-2-1-4-8(9)16-10(17)6-3-7-15;/h1-2,4-5H,3,6-7,15H2,(H,16,17);1H. The van der Waals surface area contributed by atoms with E-state index in [1.807, 2.05) is 0 Å². The molecule has 0 unspecified atom stereocenters. The van der Waals surface area contributed by atoms with Crippen molar-refractivity contribution in [2.75, 3.05) is 11.9 Å². The number of hydrogen-bond acceptors (Lipinski definition) is 3. The normalized spacial score (nSPS) is 10.7. The Morgan fingerprint density at radius 1 is 1.32 bits per heavy atom. The number of amides is 1. The summed E-state index contributed by atoms with van der Waals surface area (Å²) in [6.07, 6.45) is 0.696. The number of halogens is 4. The average molecular weight is 315 g/mol. The van der Waals surface area contributed by atoms with E-state index in [2.05, 4.69) is 5.32 Å². The van der Waals surface area contributed by atoms with Gasteiger partial charge in [-0.1, -0.05) is 12.1 Å². The summed E-state index contributed by atoms with van der Waals surface area (Å²) in [4.78, 5) is 11.4. The first-order valence-corrected chi connectivity index (χ1v) is 6.08. The zero-order chi connectivity index (χ0) is 13.6. The van der Waals surface area contributed by atoms with Crippen molar-refractivity contribution in [2.45, 2.75) is 23.2 Å². The molecule has 1 rings (SSSR count). The van der Waals surface area contributed by atoms with Crippen LogP contribution in [-0.2, 0) is 4.79 Å². The highest BCUT2D eigenvalue weighted by Gasteiger charge is 2.30. The fourth-order valence-corrected chi connectivity index (χ4v) is 1.88. The number of carbonyl (C=O) groups is 1. The molecule has 108 valence electrons. The molecule has 0 heterocycles. The summed E-state index contributed by atoms with van der Waals surface area (Å²) in [7, 11) is 0. The first kappa shape index (κ1) is 18.1. The Hall–Kier alpha value is -0.920. The number of benzene rings is 1. The lowest BCUT2D eigenvalue weighted by Crippen LogP contribution is -2.14. The highest BCUT2D eigenvalue weighted by molar-refractivity contribution is 8.00. The zero-order valence-electron chi connectivity index (χ0n) is 9.87. The second-order valence-electron chi connectivity index (χ2n) is 3.48. The number of thioether (sulfide) groups is 1. The predicted molar refractivity (Wildman–Crippen MR) is 72.5 cm³/mol. The number of nitrogens with one attached hydrogen (secondary N) is 1. The van der Waals surface area contributed by atoms with Crippen LogP contribution < -0.4 is 11.1 Å². The van der Waals surface area contributed by atoms with E-state index < -0.39 is 5.51 Å². The molecule has 8 heteroatoms. The van der Waals surface area contributed by atoms with E-state index in [-0.39, 0.29) is 47.1 Å². The SMILES string of the molecule is Cl.NCCCC(=O)Nc1ccccc1SC(F)(F)F. The first-order valence-electron chi connectivity index (χ1n) is 5.27. The van der Waals surface area contributed by atoms with E-state index in [1.54, 1.807) is 6.07 Å². The van der Waals surface area contributed by atoms with Crippen molar-refractivity contribution in [2.24, 2.45) is 5.73 Å². The molecule has 0 radical (unpaired) electrons. The highest BCUT2D eigenvalue weighted by atomic mass is 35.5. The van der Waals surface area contributed by atoms with Crippen LogP contribution in [0, 0.1) is 0 Å². The van der Waals surface area contributed by atoms with Crippen molar-refractivity contribution in [3.63, 3.8) is 0 Å². The lowest BCUT2D eigenvalue weighted by atomic mass is 10.2. The fraction of sp³-hybridized carbons (Fsp3) is 0.364. The maximum atomic E-state index is 12.3. The molecule has 0 atom stereocenters. The summed E-state index contributed by atoms with van der Waals surface area (Å²) in [5, 5.41) is 2.45. The van der Waals surface area contributed by atoms with Crippen LogP contribution in [0.3, 0.4) is 0 Å². The molecule has 0 fully saturated rings. The van der Waals surface area contributed by atoms with Crippen molar-refractivity contribution in [3.05, 3.63) is 24.3 Å². The molecule has 19 heavy (non-hydrogen) atoms. The molecular weight excluding hydrogens is 301 g/mol. The molecule has 0 aliphatic heterocycles. The third-order valence-corrected chi connectivity index (χ3v) is 2.80. The summed E-state index contributed by atoms with van der Waals surface area (Å²) in [6.45, 7) is 0.367. The van der Waals surface area contributed by atoms with Crippen LogP contribution in [0.15, 0.2) is 29.2 Å². The number of para-hydroxylation sites is 1. The number of alkyl halides is 3. The molecule has 3 N–H and O–H groups in total. The maximum absolute atomic E-state index is 12.3. The largest absolute Gasteiger partial charge is 0.446 e. The zero-order valence-corrected chi connectivity index (χ0v) is 11.5. The van der Waals surface area contributed by atoms with Crippen molar-refractivity contribution in [3.8, 4) is 0 Å². The van der Waals surface area contributed by atoms with Crippen LogP contribution in [0.2, 0.25) is 0 Å². The van der Waals surface area contributed by atoms with Gasteiger partial charge in [-0.15, -0.1) is 12.4 Å². The van der Waals surface area contributed by atoms with E-state index in [9.17, 15) is 18.0 Å². The van der Waals surface area contributed by atoms with E-state index >= 15 is 0 Å². The van der Waals surface area contributed by atoms with E-state index in [1.165, 1.54) is 18.2 Å². The van der Waals surface area contributed by atoms with Crippen molar-refractivity contribution >= 4 is 35.8 Å². The summed E-state index contributed by atoms with van der Waals surface area (Å²) in [5.74, 6) is -0.337. The Morgan fingerprint density at radius 2 is 1.95 bits per heavy atom. The number of nitrogens with two attached hydrogens (primary N) is 1. The average Bonchev–Trinajstić information content (AvgIpc) is 2.27. The Morgan fingerprint density at radius 3 is 2.53 bits per heavy atom. The molecule has 1 amide bonds. The number of rotatable bonds is 5. The summed E-state index contributed by atoms with van der Waals surface area (Å²) >= 11 is -0.246. The molecule has 0 bridgehead atoms. The molecule has 0 aliphatic carbocycles. The first-order chi connectivity index (χ1) is 8.42. The molecule has 0 saturated heterocycles. The molecule has 0 saturated carbocycles. The highest BCUT2D eigenvalue weighted by Crippen LogP contribution is 2.40. The Bertz CT molecular complexity index is 415. The van der Waals surface area contributed by atoms with Crippen LogP contribution in [-0.4, -0.2) is 18.0 Å². The van der Waals surface area contributed by atoms with Crippen LogP contribution in [0.1, 0.15) is 12.8 Å². The predicted octanol–water partition coefficient (Wildman–Crippen LogP) is 3.40. The van der Waals surface area contributed by atoms with Gasteiger partial charge in [0.15, 0.2) is 0 Å². The summed E-state index contributed by atoms with van der Waals surface area (Å²) in [5.41, 5.74) is 1.04. The minimum absolute atomic E-state index is 0. The number of carbonyl (C=O) groups excluding carboxylic acids is 1. The Balaban J connectivity index is 0.00000324.